The van der Waals surface area contributed by atoms with Crippen LogP contribution in [-0.2, 0) is 5.41 Å². The molecule has 0 aliphatic heterocycles. The highest BCUT2D eigenvalue weighted by Crippen LogP contribution is 2.50. The van der Waals surface area contributed by atoms with E-state index in [1.165, 1.54) is 27.0 Å². The average Bonchev–Trinajstić information content (AvgIpc) is 3.47. The lowest BCUT2D eigenvalue weighted by Crippen LogP contribution is -2.16. The van der Waals surface area contributed by atoms with Gasteiger partial charge in [0.1, 0.15) is 5.01 Å². The maximum atomic E-state index is 4.92. The third-order valence-corrected chi connectivity index (χ3v) is 8.57. The summed E-state index contributed by atoms with van der Waals surface area (Å²) >= 11 is 1.74. The van der Waals surface area contributed by atoms with Crippen LogP contribution in [0.4, 0.5) is 17.1 Å². The van der Waals surface area contributed by atoms with Crippen LogP contribution in [0.2, 0.25) is 0 Å². The predicted molar refractivity (Wildman–Crippen MR) is 157 cm³/mol. The van der Waals surface area contributed by atoms with Gasteiger partial charge in [-0.15, -0.1) is 11.3 Å². The molecule has 0 unspecified atom stereocenters. The van der Waals surface area contributed by atoms with Crippen molar-refractivity contribution in [3.63, 3.8) is 0 Å². The molecule has 0 saturated heterocycles. The predicted octanol–water partition coefficient (Wildman–Crippen LogP) is 9.74. The fourth-order valence-electron chi connectivity index (χ4n) is 5.63. The molecule has 1 heterocycles. The minimum Gasteiger partial charge on any atom is -0.310 e. The van der Waals surface area contributed by atoms with Crippen molar-refractivity contribution in [3.05, 3.63) is 132 Å². The molecule has 0 spiro atoms. The van der Waals surface area contributed by atoms with Crippen LogP contribution >= 0.6 is 11.3 Å². The Morgan fingerprint density at radius 1 is 0.595 bits per heavy atom. The normalized spacial score (nSPS) is 13.4. The van der Waals surface area contributed by atoms with Crippen LogP contribution in [0.25, 0.3) is 31.9 Å². The lowest BCUT2D eigenvalue weighted by Gasteiger charge is -2.28. The van der Waals surface area contributed by atoms with Crippen LogP contribution < -0.4 is 4.90 Å². The zero-order valence-corrected chi connectivity index (χ0v) is 21.7. The quantitative estimate of drug-likeness (QED) is 0.242. The Bertz CT molecular complexity index is 1730. The molecule has 0 saturated carbocycles. The molecular formula is C34H26N2S. The Labute approximate surface area is 221 Å². The monoisotopic (exact) mass is 494 g/mol. The number of fused-ring (bicyclic) bond motifs is 4. The first-order valence-corrected chi connectivity index (χ1v) is 13.5. The molecule has 0 amide bonds. The van der Waals surface area contributed by atoms with Gasteiger partial charge in [0.15, 0.2) is 0 Å². The van der Waals surface area contributed by atoms with E-state index in [1.54, 1.807) is 11.3 Å². The molecule has 178 valence electrons. The Hall–Kier alpha value is -4.21. The highest BCUT2D eigenvalue weighted by Gasteiger charge is 2.35. The summed E-state index contributed by atoms with van der Waals surface area (Å²) in [6, 6.07) is 43.5. The van der Waals surface area contributed by atoms with Crippen LogP contribution in [0.15, 0.2) is 121 Å². The standard InChI is InChI=1S/C34H26N2S/c1-34(2)29-16-7-6-15-27(29)28-20-19-26(22-30(28)34)36(24-12-4-3-5-13-24)25-14-10-11-23(21-25)33-35-31-17-8-9-18-32(31)37-33/h3-22H,1-2H3. The molecule has 6 aromatic rings. The van der Waals surface area contributed by atoms with E-state index in [-0.39, 0.29) is 5.41 Å². The fraction of sp³-hybridized carbons (Fsp3) is 0.0882. The van der Waals surface area contributed by atoms with Crippen molar-refractivity contribution in [2.24, 2.45) is 0 Å². The van der Waals surface area contributed by atoms with Crippen LogP contribution in [0.3, 0.4) is 0 Å². The zero-order valence-electron chi connectivity index (χ0n) is 20.8. The lowest BCUT2D eigenvalue weighted by atomic mass is 9.82. The largest absolute Gasteiger partial charge is 0.310 e. The Morgan fingerprint density at radius 2 is 1.30 bits per heavy atom. The highest BCUT2D eigenvalue weighted by atomic mass is 32.1. The summed E-state index contributed by atoms with van der Waals surface area (Å²) in [5, 5.41) is 1.04. The fourth-order valence-corrected chi connectivity index (χ4v) is 6.59. The van der Waals surface area contributed by atoms with Crippen LogP contribution in [-0.4, -0.2) is 4.98 Å². The summed E-state index contributed by atoms with van der Waals surface area (Å²) < 4.78 is 1.21. The molecule has 7 rings (SSSR count). The Kier molecular flexibility index (Phi) is 5.02. The van der Waals surface area contributed by atoms with Crippen LogP contribution in [0.1, 0.15) is 25.0 Å². The molecule has 3 heteroatoms. The second kappa shape index (κ2) is 8.43. The molecule has 2 nitrogen and oxygen atoms in total. The van der Waals surface area contributed by atoms with E-state index < -0.39 is 0 Å². The first kappa shape index (κ1) is 22.0. The molecule has 0 N–H and O–H groups in total. The van der Waals surface area contributed by atoms with Crippen molar-refractivity contribution >= 4 is 38.6 Å². The number of aromatic nitrogens is 1. The molecule has 0 fully saturated rings. The summed E-state index contributed by atoms with van der Waals surface area (Å²) in [4.78, 5) is 7.28. The molecule has 0 atom stereocenters. The summed E-state index contributed by atoms with van der Waals surface area (Å²) in [7, 11) is 0. The molecular weight excluding hydrogens is 468 g/mol. The minimum atomic E-state index is -0.0485. The number of hydrogen-bond donors (Lipinski definition) is 0. The number of nitrogens with zero attached hydrogens (tertiary/aromatic N) is 2. The first-order valence-electron chi connectivity index (χ1n) is 12.7. The van der Waals surface area contributed by atoms with E-state index >= 15 is 0 Å². The van der Waals surface area contributed by atoms with E-state index in [2.05, 4.69) is 134 Å². The van der Waals surface area contributed by atoms with Crippen molar-refractivity contribution < 1.29 is 0 Å². The summed E-state index contributed by atoms with van der Waals surface area (Å²) in [6.45, 7) is 4.67. The van der Waals surface area contributed by atoms with Gasteiger partial charge in [-0.3, -0.25) is 0 Å². The number of hydrogen-bond acceptors (Lipinski definition) is 3. The third kappa shape index (κ3) is 3.58. The topological polar surface area (TPSA) is 16.1 Å². The highest BCUT2D eigenvalue weighted by molar-refractivity contribution is 7.21. The van der Waals surface area contributed by atoms with E-state index in [4.69, 9.17) is 4.98 Å². The number of para-hydroxylation sites is 2. The van der Waals surface area contributed by atoms with Gasteiger partial charge >= 0.3 is 0 Å². The number of benzene rings is 5. The zero-order chi connectivity index (χ0) is 25.0. The van der Waals surface area contributed by atoms with Crippen LogP contribution in [0, 0.1) is 0 Å². The Balaban J connectivity index is 1.38. The van der Waals surface area contributed by atoms with Crippen molar-refractivity contribution in [1.82, 2.24) is 4.98 Å². The maximum absolute atomic E-state index is 4.92. The summed E-state index contributed by atoms with van der Waals surface area (Å²) in [5.41, 5.74) is 11.0. The number of thiazole rings is 1. The summed E-state index contributed by atoms with van der Waals surface area (Å²) in [6.07, 6.45) is 0. The van der Waals surface area contributed by atoms with Gasteiger partial charge in [-0.05, 0) is 70.8 Å². The van der Waals surface area contributed by atoms with Gasteiger partial charge in [0.25, 0.3) is 0 Å². The third-order valence-electron chi connectivity index (χ3n) is 7.48. The van der Waals surface area contributed by atoms with Gasteiger partial charge in [-0.2, -0.15) is 0 Å². The number of anilines is 3. The molecule has 0 radical (unpaired) electrons. The molecule has 37 heavy (non-hydrogen) atoms. The van der Waals surface area contributed by atoms with Gasteiger partial charge in [-0.25, -0.2) is 4.98 Å². The first-order chi connectivity index (χ1) is 18.1. The maximum Gasteiger partial charge on any atom is 0.124 e. The van der Waals surface area contributed by atoms with Crippen molar-refractivity contribution in [1.29, 1.82) is 0 Å². The van der Waals surface area contributed by atoms with E-state index in [9.17, 15) is 0 Å². The van der Waals surface area contributed by atoms with E-state index in [0.29, 0.717) is 0 Å². The number of rotatable bonds is 4. The second-order valence-electron chi connectivity index (χ2n) is 10.1. The van der Waals surface area contributed by atoms with Gasteiger partial charge in [0, 0.05) is 28.0 Å². The van der Waals surface area contributed by atoms with Crippen molar-refractivity contribution in [2.45, 2.75) is 19.3 Å². The second-order valence-corrected chi connectivity index (χ2v) is 11.1. The average molecular weight is 495 g/mol. The lowest BCUT2D eigenvalue weighted by molar-refractivity contribution is 0.660. The van der Waals surface area contributed by atoms with Gasteiger partial charge in [-0.1, -0.05) is 86.6 Å². The minimum absolute atomic E-state index is 0.0485. The molecule has 1 aliphatic carbocycles. The van der Waals surface area contributed by atoms with E-state index in [1.807, 2.05) is 6.07 Å². The van der Waals surface area contributed by atoms with Gasteiger partial charge < -0.3 is 4.90 Å². The van der Waals surface area contributed by atoms with Crippen molar-refractivity contribution in [2.75, 3.05) is 4.90 Å². The van der Waals surface area contributed by atoms with E-state index in [0.717, 1.165) is 33.1 Å². The molecule has 0 bridgehead atoms. The Morgan fingerprint density at radius 3 is 2.16 bits per heavy atom. The summed E-state index contributed by atoms with van der Waals surface area (Å²) in [5.74, 6) is 0. The SMILES string of the molecule is CC1(C)c2ccccc2-c2ccc(N(c3ccccc3)c3cccc(-c4nc5ccccc5s4)c3)cc21. The van der Waals surface area contributed by atoms with Gasteiger partial charge in [0.05, 0.1) is 10.2 Å². The smallest absolute Gasteiger partial charge is 0.124 e. The van der Waals surface area contributed by atoms with Gasteiger partial charge in [0.2, 0.25) is 0 Å². The molecule has 5 aromatic carbocycles. The molecule has 1 aromatic heterocycles. The van der Waals surface area contributed by atoms with Crippen molar-refractivity contribution in [3.8, 4) is 21.7 Å². The van der Waals surface area contributed by atoms with Crippen LogP contribution in [0.5, 0.6) is 0 Å². The molecule has 1 aliphatic rings.